The number of carbonyl (C=O) groups is 1. The van der Waals surface area contributed by atoms with Gasteiger partial charge in [0.25, 0.3) is 0 Å². The molecule has 0 spiro atoms. The maximum atomic E-state index is 11.0. The van der Waals surface area contributed by atoms with Crippen LogP contribution in [0.2, 0.25) is 0 Å². The molecule has 166 valence electrons. The summed E-state index contributed by atoms with van der Waals surface area (Å²) in [6.45, 7) is 1.33. The zero-order valence-corrected chi connectivity index (χ0v) is 17.7. The fourth-order valence-corrected chi connectivity index (χ4v) is 3.75. The summed E-state index contributed by atoms with van der Waals surface area (Å²) in [6.07, 6.45) is 1.24. The highest BCUT2D eigenvalue weighted by Gasteiger charge is 2.20. The van der Waals surface area contributed by atoms with Gasteiger partial charge in [0.15, 0.2) is 0 Å². The lowest BCUT2D eigenvalue weighted by Gasteiger charge is -2.27. The van der Waals surface area contributed by atoms with Crippen LogP contribution in [0.4, 0.5) is 0 Å². The van der Waals surface area contributed by atoms with Crippen molar-refractivity contribution in [2.75, 3.05) is 19.7 Å². The second-order valence-corrected chi connectivity index (χ2v) is 7.92. The predicted octanol–water partition coefficient (Wildman–Crippen LogP) is 3.77. The number of fused-ring (bicyclic) bond motifs is 1. The van der Waals surface area contributed by atoms with E-state index in [1.807, 2.05) is 54.6 Å². The summed E-state index contributed by atoms with van der Waals surface area (Å²) in [6, 6.07) is 22.4. The number of benzene rings is 3. The lowest BCUT2D eigenvalue weighted by molar-refractivity contribution is 0.0697. The molecule has 4 rings (SSSR count). The van der Waals surface area contributed by atoms with Crippen molar-refractivity contribution in [1.29, 1.82) is 0 Å². The second kappa shape index (κ2) is 10.3. The van der Waals surface area contributed by atoms with E-state index in [2.05, 4.69) is 11.4 Å². The number of aromatic carboxylic acids is 1. The van der Waals surface area contributed by atoms with E-state index in [1.165, 1.54) is 0 Å². The highest BCUT2D eigenvalue weighted by Crippen LogP contribution is 2.32. The average molecular weight is 434 g/mol. The van der Waals surface area contributed by atoms with Crippen molar-refractivity contribution in [3.05, 3.63) is 83.9 Å². The molecule has 1 aliphatic rings. The molecule has 0 amide bonds. The van der Waals surface area contributed by atoms with Gasteiger partial charge in [0.1, 0.15) is 30.3 Å². The number of aliphatic hydroxyl groups is 1. The standard InChI is InChI=1S/C26H27NO5/c28-22(17-31-23-4-2-1-3-5-23)15-27-16-24-12-10-21-14-20(11-13-25(21)32-24)18-6-8-19(9-7-18)26(29)30/h1-9,11,13-14,22,24,27-28H,10,12,15-17H2,(H,29,30)/t22-,24+/m0/s1. The average Bonchev–Trinajstić information content (AvgIpc) is 2.83. The van der Waals surface area contributed by atoms with E-state index in [0.717, 1.165) is 41.0 Å². The molecule has 0 fully saturated rings. The molecule has 3 aromatic rings. The van der Waals surface area contributed by atoms with Gasteiger partial charge in [-0.3, -0.25) is 0 Å². The Morgan fingerprint density at radius 2 is 1.81 bits per heavy atom. The molecule has 0 radical (unpaired) electrons. The van der Waals surface area contributed by atoms with Crippen molar-refractivity contribution < 1.29 is 24.5 Å². The van der Waals surface area contributed by atoms with Crippen LogP contribution in [-0.2, 0) is 6.42 Å². The number of hydrogen-bond donors (Lipinski definition) is 3. The molecule has 0 aromatic heterocycles. The fourth-order valence-electron chi connectivity index (χ4n) is 3.75. The minimum atomic E-state index is -0.925. The minimum absolute atomic E-state index is 0.0467. The first-order valence-electron chi connectivity index (χ1n) is 10.8. The van der Waals surface area contributed by atoms with Crippen molar-refractivity contribution >= 4 is 5.97 Å². The van der Waals surface area contributed by atoms with Crippen LogP contribution >= 0.6 is 0 Å². The third-order valence-corrected chi connectivity index (χ3v) is 5.49. The van der Waals surface area contributed by atoms with Gasteiger partial charge in [-0.2, -0.15) is 0 Å². The van der Waals surface area contributed by atoms with Crippen LogP contribution in [0.15, 0.2) is 72.8 Å². The molecule has 1 aliphatic heterocycles. The number of carboxylic acid groups (broad SMARTS) is 1. The molecule has 0 aliphatic carbocycles. The molecule has 6 heteroatoms. The van der Waals surface area contributed by atoms with Crippen LogP contribution in [0, 0.1) is 0 Å². The summed E-state index contributed by atoms with van der Waals surface area (Å²) in [5.41, 5.74) is 3.45. The van der Waals surface area contributed by atoms with E-state index < -0.39 is 12.1 Å². The second-order valence-electron chi connectivity index (χ2n) is 7.92. The molecule has 0 bridgehead atoms. The van der Waals surface area contributed by atoms with E-state index in [4.69, 9.17) is 14.6 Å². The first-order valence-corrected chi connectivity index (χ1v) is 10.8. The van der Waals surface area contributed by atoms with Gasteiger partial charge in [-0.05, 0) is 65.9 Å². The molecule has 0 unspecified atom stereocenters. The van der Waals surface area contributed by atoms with Crippen molar-refractivity contribution in [2.45, 2.75) is 25.0 Å². The van der Waals surface area contributed by atoms with Crippen LogP contribution in [-0.4, -0.2) is 48.1 Å². The smallest absolute Gasteiger partial charge is 0.335 e. The maximum Gasteiger partial charge on any atom is 0.335 e. The van der Waals surface area contributed by atoms with Crippen LogP contribution < -0.4 is 14.8 Å². The topological polar surface area (TPSA) is 88.0 Å². The highest BCUT2D eigenvalue weighted by atomic mass is 16.5. The van der Waals surface area contributed by atoms with Gasteiger partial charge in [0.05, 0.1) is 5.56 Å². The number of para-hydroxylation sites is 1. The SMILES string of the molecule is O=C(O)c1ccc(-c2ccc3c(c2)CC[C@H](CNC[C@H](O)COc2ccccc2)O3)cc1. The van der Waals surface area contributed by atoms with Gasteiger partial charge < -0.3 is 25.0 Å². The number of aliphatic hydroxyl groups excluding tert-OH is 1. The van der Waals surface area contributed by atoms with E-state index in [0.29, 0.717) is 13.1 Å². The zero-order valence-electron chi connectivity index (χ0n) is 17.7. The maximum absolute atomic E-state index is 11.0. The third kappa shape index (κ3) is 5.66. The molecule has 32 heavy (non-hydrogen) atoms. The lowest BCUT2D eigenvalue weighted by Crippen LogP contribution is -2.39. The van der Waals surface area contributed by atoms with Crippen molar-refractivity contribution in [1.82, 2.24) is 5.32 Å². The summed E-state index contributed by atoms with van der Waals surface area (Å²) < 4.78 is 11.7. The molecule has 1 heterocycles. The van der Waals surface area contributed by atoms with Gasteiger partial charge in [0, 0.05) is 13.1 Å². The Labute approximate surface area is 187 Å². The molecule has 2 atom stereocenters. The number of ether oxygens (including phenoxy) is 2. The van der Waals surface area contributed by atoms with Crippen LogP contribution in [0.1, 0.15) is 22.3 Å². The van der Waals surface area contributed by atoms with Gasteiger partial charge in [-0.25, -0.2) is 4.79 Å². The molecule has 3 N–H and O–H groups in total. The van der Waals surface area contributed by atoms with Gasteiger partial charge in [-0.1, -0.05) is 36.4 Å². The van der Waals surface area contributed by atoms with E-state index in [9.17, 15) is 9.90 Å². The van der Waals surface area contributed by atoms with E-state index in [-0.39, 0.29) is 18.3 Å². The molecule has 3 aromatic carbocycles. The van der Waals surface area contributed by atoms with Gasteiger partial charge in [0.2, 0.25) is 0 Å². The largest absolute Gasteiger partial charge is 0.491 e. The Bertz CT molecular complexity index is 1040. The number of carboxylic acids is 1. The minimum Gasteiger partial charge on any atom is -0.491 e. The summed E-state index contributed by atoms with van der Waals surface area (Å²) in [5.74, 6) is 0.698. The van der Waals surface area contributed by atoms with Crippen molar-refractivity contribution in [3.8, 4) is 22.6 Å². The first kappa shape index (κ1) is 21.9. The van der Waals surface area contributed by atoms with Crippen molar-refractivity contribution in [2.24, 2.45) is 0 Å². The molecule has 6 nitrogen and oxygen atoms in total. The molecular formula is C26H27NO5. The van der Waals surface area contributed by atoms with Crippen LogP contribution in [0.3, 0.4) is 0 Å². The monoisotopic (exact) mass is 433 g/mol. The Morgan fingerprint density at radius 3 is 2.56 bits per heavy atom. The Morgan fingerprint density at radius 1 is 1.06 bits per heavy atom. The van der Waals surface area contributed by atoms with Crippen LogP contribution in [0.25, 0.3) is 11.1 Å². The number of hydrogen-bond acceptors (Lipinski definition) is 5. The van der Waals surface area contributed by atoms with Crippen LogP contribution in [0.5, 0.6) is 11.5 Å². The van der Waals surface area contributed by atoms with Gasteiger partial charge in [-0.15, -0.1) is 0 Å². The molecular weight excluding hydrogens is 406 g/mol. The summed E-state index contributed by atoms with van der Waals surface area (Å²) in [7, 11) is 0. The summed E-state index contributed by atoms with van der Waals surface area (Å²) >= 11 is 0. The first-order chi connectivity index (χ1) is 15.6. The number of aryl methyl sites for hydroxylation is 1. The predicted molar refractivity (Wildman–Crippen MR) is 122 cm³/mol. The normalized spacial score (nSPS) is 16.0. The summed E-state index contributed by atoms with van der Waals surface area (Å²) in [5, 5.41) is 22.4. The number of rotatable bonds is 9. The zero-order chi connectivity index (χ0) is 22.3. The van der Waals surface area contributed by atoms with Crippen molar-refractivity contribution in [3.63, 3.8) is 0 Å². The van der Waals surface area contributed by atoms with E-state index in [1.54, 1.807) is 12.1 Å². The lowest BCUT2D eigenvalue weighted by atomic mass is 9.96. The Balaban J connectivity index is 1.25. The Hall–Kier alpha value is -3.35. The van der Waals surface area contributed by atoms with E-state index >= 15 is 0 Å². The Kier molecular flexibility index (Phi) is 7.04. The fraction of sp³-hybridized carbons (Fsp3) is 0.269. The third-order valence-electron chi connectivity index (χ3n) is 5.49. The quantitative estimate of drug-likeness (QED) is 0.476. The number of nitrogens with one attached hydrogen (secondary N) is 1. The highest BCUT2D eigenvalue weighted by molar-refractivity contribution is 5.88. The molecule has 0 saturated heterocycles. The summed E-state index contributed by atoms with van der Waals surface area (Å²) in [4.78, 5) is 11.0. The molecule has 0 saturated carbocycles. The van der Waals surface area contributed by atoms with Gasteiger partial charge >= 0.3 is 5.97 Å².